The van der Waals surface area contributed by atoms with E-state index in [1.807, 2.05) is 0 Å². The van der Waals surface area contributed by atoms with E-state index in [4.69, 9.17) is 5.73 Å². The van der Waals surface area contributed by atoms with E-state index in [-0.39, 0.29) is 0 Å². The fraction of sp³-hybridized carbons (Fsp3) is 0.250. The van der Waals surface area contributed by atoms with Crippen LogP contribution < -0.4 is 5.73 Å². The molecule has 0 aromatic rings. The normalized spacial score (nSPS) is 17.9. The van der Waals surface area contributed by atoms with Crippen LogP contribution in [0.2, 0.25) is 0 Å². The lowest BCUT2D eigenvalue weighted by Gasteiger charge is -2.05. The van der Waals surface area contributed by atoms with Gasteiger partial charge in [0.05, 0.1) is 10.1 Å². The van der Waals surface area contributed by atoms with Crippen molar-refractivity contribution in [1.82, 2.24) is 4.90 Å². The summed E-state index contributed by atoms with van der Waals surface area (Å²) < 4.78 is 0.828. The molecule has 1 aliphatic rings. The minimum atomic E-state index is -0.424. The summed E-state index contributed by atoms with van der Waals surface area (Å²) in [5.41, 5.74) is 4.96. The van der Waals surface area contributed by atoms with E-state index in [2.05, 4.69) is 12.6 Å². The van der Waals surface area contributed by atoms with Crippen molar-refractivity contribution in [3.8, 4) is 0 Å². The van der Waals surface area contributed by atoms with Crippen LogP contribution in [-0.2, 0) is 0 Å². The molecule has 1 heterocycles. The summed E-state index contributed by atoms with van der Waals surface area (Å²) in [6.45, 7) is 0. The fourth-order valence-electron chi connectivity index (χ4n) is 0.471. The third-order valence-corrected chi connectivity index (χ3v) is 2.21. The molecule has 0 aromatic heterocycles. The van der Waals surface area contributed by atoms with Crippen molar-refractivity contribution in [1.29, 1.82) is 0 Å². The number of carbonyl (C=O) groups excluding carboxylic acids is 1. The van der Waals surface area contributed by atoms with Crippen LogP contribution in [0.5, 0.6) is 0 Å². The molecule has 2 amide bonds. The Hall–Kier alpha value is -0.290. The second kappa shape index (κ2) is 2.53. The topological polar surface area (TPSA) is 46.3 Å². The molecule has 1 aliphatic heterocycles. The molecular weight excluding hydrogens is 156 g/mol. The highest BCUT2D eigenvalue weighted by Gasteiger charge is 2.13. The van der Waals surface area contributed by atoms with Gasteiger partial charge in [0.15, 0.2) is 0 Å². The van der Waals surface area contributed by atoms with E-state index in [0.29, 0.717) is 5.88 Å². The second-order valence-corrected chi connectivity index (χ2v) is 3.32. The molecule has 0 saturated heterocycles. The fourth-order valence-corrected chi connectivity index (χ4v) is 1.46. The van der Waals surface area contributed by atoms with Gasteiger partial charge >= 0.3 is 6.03 Å². The van der Waals surface area contributed by atoms with Gasteiger partial charge in [0.1, 0.15) is 0 Å². The van der Waals surface area contributed by atoms with E-state index in [0.717, 1.165) is 4.24 Å². The molecule has 2 N–H and O–H groups in total. The number of rotatable bonds is 0. The second-order valence-electron chi connectivity index (χ2n) is 1.55. The van der Waals surface area contributed by atoms with Crippen LogP contribution in [0.15, 0.2) is 10.4 Å². The maximum Gasteiger partial charge on any atom is 0.319 e. The first-order valence-corrected chi connectivity index (χ1v) is 3.73. The maximum absolute atomic E-state index is 10.4. The summed E-state index contributed by atoms with van der Waals surface area (Å²) >= 11 is 5.50. The number of urea groups is 1. The Labute approximate surface area is 62.7 Å². The van der Waals surface area contributed by atoms with E-state index >= 15 is 0 Å². The zero-order chi connectivity index (χ0) is 6.85. The molecule has 1 rings (SSSR count). The lowest BCUT2D eigenvalue weighted by atomic mass is 10.8. The van der Waals surface area contributed by atoms with Gasteiger partial charge in [-0.2, -0.15) is 0 Å². The van der Waals surface area contributed by atoms with Crippen LogP contribution in [-0.4, -0.2) is 16.8 Å². The zero-order valence-corrected chi connectivity index (χ0v) is 6.28. The Morgan fingerprint density at radius 2 is 2.67 bits per heavy atom. The van der Waals surface area contributed by atoms with E-state index in [9.17, 15) is 4.79 Å². The highest BCUT2D eigenvalue weighted by Crippen LogP contribution is 2.27. The molecule has 9 heavy (non-hydrogen) atoms. The average molecular weight is 162 g/mol. The highest BCUT2D eigenvalue weighted by atomic mass is 32.2. The van der Waals surface area contributed by atoms with Crippen molar-refractivity contribution in [3.05, 3.63) is 10.4 Å². The Kier molecular flexibility index (Phi) is 1.92. The van der Waals surface area contributed by atoms with Gasteiger partial charge in [-0.3, -0.25) is 4.90 Å². The van der Waals surface area contributed by atoms with E-state index in [1.54, 1.807) is 6.20 Å². The smallest absolute Gasteiger partial charge is 0.319 e. The summed E-state index contributed by atoms with van der Waals surface area (Å²) in [4.78, 5) is 11.8. The first kappa shape index (κ1) is 6.82. The van der Waals surface area contributed by atoms with E-state index < -0.39 is 6.03 Å². The zero-order valence-electron chi connectivity index (χ0n) is 4.57. The number of thioether (sulfide) groups is 1. The summed E-state index contributed by atoms with van der Waals surface area (Å²) in [5.74, 6) is 0.591. The third-order valence-electron chi connectivity index (χ3n) is 0.901. The highest BCUT2D eigenvalue weighted by molar-refractivity contribution is 8.15. The standard InChI is InChI=1S/C4H6N2OS2/c5-4(7)6-1-3(8)9-2-6/h1,8H,2H2,(H2,5,7). The van der Waals surface area contributed by atoms with Crippen molar-refractivity contribution >= 4 is 30.4 Å². The monoisotopic (exact) mass is 162 g/mol. The minimum absolute atomic E-state index is 0.424. The molecular formula is C4H6N2OS2. The van der Waals surface area contributed by atoms with Crippen LogP contribution in [0.3, 0.4) is 0 Å². The number of thiol groups is 1. The average Bonchev–Trinajstić information content (AvgIpc) is 2.14. The predicted molar refractivity (Wildman–Crippen MR) is 40.9 cm³/mol. The van der Waals surface area contributed by atoms with Gasteiger partial charge in [0, 0.05) is 6.20 Å². The largest absolute Gasteiger partial charge is 0.351 e. The summed E-state index contributed by atoms with van der Waals surface area (Å²) in [6, 6.07) is -0.424. The van der Waals surface area contributed by atoms with Gasteiger partial charge in [-0.1, -0.05) is 11.8 Å². The molecule has 0 saturated carbocycles. The van der Waals surface area contributed by atoms with Gasteiger partial charge in [-0.25, -0.2) is 4.79 Å². The molecule has 0 bridgehead atoms. The molecule has 0 unspecified atom stereocenters. The predicted octanol–water partition coefficient (Wildman–Crippen LogP) is 0.800. The van der Waals surface area contributed by atoms with Crippen LogP contribution >= 0.6 is 24.4 Å². The quantitative estimate of drug-likeness (QED) is 0.517. The molecule has 0 spiro atoms. The molecule has 0 aromatic carbocycles. The Morgan fingerprint density at radius 1 is 2.00 bits per heavy atom. The number of nitrogens with two attached hydrogens (primary N) is 1. The Morgan fingerprint density at radius 3 is 2.89 bits per heavy atom. The van der Waals surface area contributed by atoms with Crippen molar-refractivity contribution < 1.29 is 4.79 Å². The summed E-state index contributed by atoms with van der Waals surface area (Å²) in [6.07, 6.45) is 1.62. The third kappa shape index (κ3) is 1.56. The summed E-state index contributed by atoms with van der Waals surface area (Å²) in [5, 5.41) is 0. The Balaban J connectivity index is 2.57. The molecule has 0 radical (unpaired) electrons. The molecule has 5 heteroatoms. The van der Waals surface area contributed by atoms with Gasteiger partial charge in [-0.05, 0) is 0 Å². The molecule has 3 nitrogen and oxygen atoms in total. The van der Waals surface area contributed by atoms with E-state index in [1.165, 1.54) is 16.7 Å². The first-order chi connectivity index (χ1) is 4.20. The molecule has 0 atom stereocenters. The van der Waals surface area contributed by atoms with Crippen LogP contribution in [0, 0.1) is 0 Å². The molecule has 0 fully saturated rings. The number of amides is 2. The number of hydrogen-bond acceptors (Lipinski definition) is 3. The van der Waals surface area contributed by atoms with Gasteiger partial charge in [0.25, 0.3) is 0 Å². The van der Waals surface area contributed by atoms with Crippen molar-refractivity contribution in [2.75, 3.05) is 5.88 Å². The van der Waals surface area contributed by atoms with Crippen LogP contribution in [0.4, 0.5) is 4.79 Å². The maximum atomic E-state index is 10.4. The van der Waals surface area contributed by atoms with Crippen molar-refractivity contribution in [2.45, 2.75) is 0 Å². The number of hydrogen-bond donors (Lipinski definition) is 2. The number of carbonyl (C=O) groups is 1. The van der Waals surface area contributed by atoms with Crippen LogP contribution in [0.25, 0.3) is 0 Å². The minimum Gasteiger partial charge on any atom is -0.351 e. The lowest BCUT2D eigenvalue weighted by Crippen LogP contribution is -2.28. The number of nitrogens with zero attached hydrogens (tertiary/aromatic N) is 1. The van der Waals surface area contributed by atoms with Gasteiger partial charge in [0.2, 0.25) is 0 Å². The van der Waals surface area contributed by atoms with Crippen molar-refractivity contribution in [3.63, 3.8) is 0 Å². The molecule has 50 valence electrons. The summed E-state index contributed by atoms with van der Waals surface area (Å²) in [7, 11) is 0. The molecule has 0 aliphatic carbocycles. The van der Waals surface area contributed by atoms with Gasteiger partial charge < -0.3 is 5.73 Å². The van der Waals surface area contributed by atoms with Gasteiger partial charge in [-0.15, -0.1) is 12.6 Å². The van der Waals surface area contributed by atoms with Crippen molar-refractivity contribution in [2.24, 2.45) is 5.73 Å². The SMILES string of the molecule is NC(=O)N1C=C(S)SC1. The number of primary amides is 1. The lowest BCUT2D eigenvalue weighted by molar-refractivity contribution is 0.230. The first-order valence-electron chi connectivity index (χ1n) is 2.30. The van der Waals surface area contributed by atoms with Crippen LogP contribution in [0.1, 0.15) is 0 Å². The Bertz CT molecular complexity index is 168.